The fourth-order valence-corrected chi connectivity index (χ4v) is 5.52. The van der Waals surface area contributed by atoms with Crippen molar-refractivity contribution in [1.82, 2.24) is 9.55 Å². The zero-order chi connectivity index (χ0) is 25.4. The van der Waals surface area contributed by atoms with Crippen molar-refractivity contribution in [3.8, 4) is 0 Å². The van der Waals surface area contributed by atoms with Crippen LogP contribution in [0, 0.1) is 5.92 Å². The summed E-state index contributed by atoms with van der Waals surface area (Å²) in [6.07, 6.45) is 3.81. The molecule has 188 valence electrons. The van der Waals surface area contributed by atoms with Gasteiger partial charge in [-0.05, 0) is 36.4 Å². The van der Waals surface area contributed by atoms with E-state index in [1.165, 1.54) is 43.8 Å². The van der Waals surface area contributed by atoms with E-state index >= 15 is 0 Å². The van der Waals surface area contributed by atoms with Crippen LogP contribution in [-0.2, 0) is 43.2 Å². The van der Waals surface area contributed by atoms with Crippen LogP contribution in [0.1, 0.15) is 63.7 Å². The van der Waals surface area contributed by atoms with E-state index in [-0.39, 0.29) is 0 Å². The van der Waals surface area contributed by atoms with Crippen molar-refractivity contribution in [3.63, 3.8) is 0 Å². The standard InChI is InChI=1S/C25H30N2O6S2/c1-5-6-9-22-26-14-20(27(22)15-18-10-11-21(35-18)25(30)32-4)23(33-16(2)28)19(24(29)31-3)13-17-8-7-12-34-17/h7-8,10-12,14,19,23H,5-6,9,13,15H2,1-4H3. The number of carbonyl (C=O) groups excluding carboxylic acids is 3. The maximum absolute atomic E-state index is 12.9. The summed E-state index contributed by atoms with van der Waals surface area (Å²) in [5.74, 6) is -1.27. The molecule has 0 N–H and O–H groups in total. The topological polar surface area (TPSA) is 96.7 Å². The van der Waals surface area contributed by atoms with Gasteiger partial charge in [0.25, 0.3) is 0 Å². The lowest BCUT2D eigenvalue weighted by atomic mass is 9.95. The molecule has 2 atom stereocenters. The first-order chi connectivity index (χ1) is 16.9. The summed E-state index contributed by atoms with van der Waals surface area (Å²) in [6.45, 7) is 3.85. The van der Waals surface area contributed by atoms with Crippen molar-refractivity contribution in [1.29, 1.82) is 0 Å². The van der Waals surface area contributed by atoms with Gasteiger partial charge in [-0.2, -0.15) is 0 Å². The monoisotopic (exact) mass is 518 g/mol. The molecular formula is C25H30N2O6S2. The Labute approximate surface area is 212 Å². The van der Waals surface area contributed by atoms with Crippen molar-refractivity contribution in [2.45, 2.75) is 52.2 Å². The number of hydrogen-bond acceptors (Lipinski definition) is 9. The highest BCUT2D eigenvalue weighted by molar-refractivity contribution is 7.13. The van der Waals surface area contributed by atoms with Crippen LogP contribution in [0.25, 0.3) is 0 Å². The number of esters is 3. The Hall–Kier alpha value is -2.98. The van der Waals surface area contributed by atoms with Crippen molar-refractivity contribution < 1.29 is 28.6 Å². The average Bonchev–Trinajstić information content (AvgIpc) is 3.61. The lowest BCUT2D eigenvalue weighted by molar-refractivity contribution is -0.160. The van der Waals surface area contributed by atoms with E-state index in [4.69, 9.17) is 14.2 Å². The van der Waals surface area contributed by atoms with Gasteiger partial charge in [0.1, 0.15) is 16.6 Å². The smallest absolute Gasteiger partial charge is 0.348 e. The fourth-order valence-electron chi connectivity index (χ4n) is 3.84. The van der Waals surface area contributed by atoms with Gasteiger partial charge < -0.3 is 18.8 Å². The predicted octanol–water partition coefficient (Wildman–Crippen LogP) is 4.82. The number of hydrogen-bond donors (Lipinski definition) is 0. The van der Waals surface area contributed by atoms with E-state index in [1.54, 1.807) is 12.3 Å². The van der Waals surface area contributed by atoms with E-state index in [0.29, 0.717) is 23.5 Å². The quantitative estimate of drug-likeness (QED) is 0.250. The van der Waals surface area contributed by atoms with Crippen LogP contribution in [0.2, 0.25) is 0 Å². The molecule has 35 heavy (non-hydrogen) atoms. The number of unbranched alkanes of at least 4 members (excludes halogenated alkanes) is 1. The largest absolute Gasteiger partial charge is 0.469 e. The van der Waals surface area contributed by atoms with Gasteiger partial charge in [0, 0.05) is 23.1 Å². The summed E-state index contributed by atoms with van der Waals surface area (Å²) in [5, 5.41) is 1.94. The van der Waals surface area contributed by atoms with E-state index in [9.17, 15) is 14.4 Å². The molecule has 0 bridgehead atoms. The molecule has 3 aromatic rings. The third-order valence-electron chi connectivity index (χ3n) is 5.54. The summed E-state index contributed by atoms with van der Waals surface area (Å²) in [7, 11) is 2.68. The number of aryl methyl sites for hydroxylation is 1. The second-order valence-corrected chi connectivity index (χ2v) is 10.2. The first-order valence-corrected chi connectivity index (χ1v) is 13.1. The van der Waals surface area contributed by atoms with Crippen molar-refractivity contribution >= 4 is 40.6 Å². The van der Waals surface area contributed by atoms with Crippen LogP contribution in [0.3, 0.4) is 0 Å². The Balaban J connectivity index is 2.05. The number of methoxy groups -OCH3 is 2. The Morgan fingerprint density at radius 1 is 1.11 bits per heavy atom. The van der Waals surface area contributed by atoms with Crippen molar-refractivity contribution in [2.75, 3.05) is 14.2 Å². The lowest BCUT2D eigenvalue weighted by Crippen LogP contribution is -2.30. The van der Waals surface area contributed by atoms with Crippen LogP contribution in [0.15, 0.2) is 35.8 Å². The lowest BCUT2D eigenvalue weighted by Gasteiger charge is -2.26. The summed E-state index contributed by atoms with van der Waals surface area (Å²) in [6, 6.07) is 7.45. The molecule has 0 radical (unpaired) electrons. The second-order valence-electron chi connectivity index (χ2n) is 7.99. The first-order valence-electron chi connectivity index (χ1n) is 11.4. The molecule has 0 aliphatic rings. The van der Waals surface area contributed by atoms with E-state index in [2.05, 4.69) is 11.9 Å². The second kappa shape index (κ2) is 12.6. The number of imidazole rings is 1. The number of rotatable bonds is 12. The van der Waals surface area contributed by atoms with Crippen LogP contribution >= 0.6 is 22.7 Å². The molecule has 0 saturated carbocycles. The van der Waals surface area contributed by atoms with Gasteiger partial charge in [-0.1, -0.05) is 19.4 Å². The molecular weight excluding hydrogens is 488 g/mol. The van der Waals surface area contributed by atoms with Gasteiger partial charge in [0.05, 0.1) is 32.7 Å². The number of carbonyl (C=O) groups is 3. The molecule has 0 spiro atoms. The number of aromatic nitrogens is 2. The number of ether oxygens (including phenoxy) is 3. The third-order valence-corrected chi connectivity index (χ3v) is 7.49. The van der Waals surface area contributed by atoms with Crippen LogP contribution < -0.4 is 0 Å². The highest BCUT2D eigenvalue weighted by atomic mass is 32.1. The summed E-state index contributed by atoms with van der Waals surface area (Å²) >= 11 is 2.86. The highest BCUT2D eigenvalue weighted by Crippen LogP contribution is 2.33. The van der Waals surface area contributed by atoms with Gasteiger partial charge in [-0.3, -0.25) is 9.59 Å². The van der Waals surface area contributed by atoms with Crippen LogP contribution in [-0.4, -0.2) is 41.7 Å². The van der Waals surface area contributed by atoms with Gasteiger partial charge in [-0.25, -0.2) is 9.78 Å². The maximum Gasteiger partial charge on any atom is 0.348 e. The number of thiophene rings is 2. The Bertz CT molecular complexity index is 1130. The van der Waals surface area contributed by atoms with E-state index in [1.807, 2.05) is 28.1 Å². The van der Waals surface area contributed by atoms with Gasteiger partial charge >= 0.3 is 17.9 Å². The van der Waals surface area contributed by atoms with Gasteiger partial charge in [0.2, 0.25) is 0 Å². The zero-order valence-corrected chi connectivity index (χ0v) is 21.9. The Morgan fingerprint density at radius 2 is 1.91 bits per heavy atom. The van der Waals surface area contributed by atoms with Crippen LogP contribution in [0.5, 0.6) is 0 Å². The Morgan fingerprint density at radius 3 is 2.54 bits per heavy atom. The molecule has 8 nitrogen and oxygen atoms in total. The third kappa shape index (κ3) is 6.79. The van der Waals surface area contributed by atoms with Gasteiger partial charge in [0.15, 0.2) is 6.10 Å². The molecule has 10 heteroatoms. The zero-order valence-electron chi connectivity index (χ0n) is 20.3. The minimum Gasteiger partial charge on any atom is -0.469 e. The summed E-state index contributed by atoms with van der Waals surface area (Å²) < 4.78 is 17.7. The van der Waals surface area contributed by atoms with E-state index < -0.39 is 29.9 Å². The average molecular weight is 519 g/mol. The minimum absolute atomic E-state index is 0.364. The SMILES string of the molecule is CCCCc1ncc(C(OC(C)=O)C(Cc2cccs2)C(=O)OC)n1Cc1ccc(C(=O)OC)s1. The predicted molar refractivity (Wildman–Crippen MR) is 134 cm³/mol. The summed E-state index contributed by atoms with van der Waals surface area (Å²) in [5.41, 5.74) is 0.617. The molecule has 0 aliphatic carbocycles. The maximum atomic E-state index is 12.9. The summed E-state index contributed by atoms with van der Waals surface area (Å²) in [4.78, 5) is 44.0. The van der Waals surface area contributed by atoms with E-state index in [0.717, 1.165) is 34.8 Å². The highest BCUT2D eigenvalue weighted by Gasteiger charge is 2.36. The molecule has 3 aromatic heterocycles. The minimum atomic E-state index is -0.884. The molecule has 2 unspecified atom stereocenters. The molecule has 0 aromatic carbocycles. The molecule has 0 amide bonds. The van der Waals surface area contributed by atoms with Crippen LogP contribution in [0.4, 0.5) is 0 Å². The molecule has 3 rings (SSSR count). The molecule has 0 saturated heterocycles. The molecule has 0 aliphatic heterocycles. The van der Waals surface area contributed by atoms with Crippen molar-refractivity contribution in [3.05, 3.63) is 62.0 Å². The Kier molecular flexibility index (Phi) is 9.62. The number of nitrogens with zero attached hydrogens (tertiary/aromatic N) is 2. The van der Waals surface area contributed by atoms with Gasteiger partial charge in [-0.15, -0.1) is 22.7 Å². The molecule has 0 fully saturated rings. The fraction of sp³-hybridized carbons (Fsp3) is 0.440. The van der Waals surface area contributed by atoms with Crippen molar-refractivity contribution in [2.24, 2.45) is 5.92 Å². The first kappa shape index (κ1) is 26.6. The molecule has 3 heterocycles. The normalized spacial score (nSPS) is 12.7.